The fourth-order valence-corrected chi connectivity index (χ4v) is 3.39. The molecule has 2 heterocycles. The summed E-state index contributed by atoms with van der Waals surface area (Å²) in [5, 5.41) is 17.2. The van der Waals surface area contributed by atoms with E-state index in [1.54, 1.807) is 49.6 Å². The van der Waals surface area contributed by atoms with Crippen LogP contribution in [-0.2, 0) is 19.4 Å². The Morgan fingerprint density at radius 2 is 1.97 bits per heavy atom. The van der Waals surface area contributed by atoms with Crippen LogP contribution in [0.1, 0.15) is 41.8 Å². The number of nitrogens with zero attached hydrogens (tertiary/aromatic N) is 4. The first-order valence-electron chi connectivity index (χ1n) is 10.1. The van der Waals surface area contributed by atoms with Crippen molar-refractivity contribution < 1.29 is 14.6 Å². The molecule has 0 spiro atoms. The molecule has 0 unspecified atom stereocenters. The van der Waals surface area contributed by atoms with Gasteiger partial charge in [0.05, 0.1) is 36.7 Å². The van der Waals surface area contributed by atoms with Crippen molar-refractivity contribution in [1.82, 2.24) is 19.7 Å². The van der Waals surface area contributed by atoms with Gasteiger partial charge in [0, 0.05) is 30.6 Å². The molecule has 32 heavy (non-hydrogen) atoms. The SMILES string of the molecule is CCC(=O)c1cc(CCc2cnc(Nc3cnn(C[C@H](C)O)c3)nc2)c(Cl)c(OC)c1.S. The molecule has 1 atom stereocenters. The predicted molar refractivity (Wildman–Crippen MR) is 130 cm³/mol. The second kappa shape index (κ2) is 11.8. The smallest absolute Gasteiger partial charge is 0.227 e. The second-order valence-corrected chi connectivity index (χ2v) is 7.65. The lowest BCUT2D eigenvalue weighted by Gasteiger charge is -2.12. The fourth-order valence-electron chi connectivity index (χ4n) is 3.11. The number of benzene rings is 1. The van der Waals surface area contributed by atoms with E-state index in [1.807, 2.05) is 13.0 Å². The van der Waals surface area contributed by atoms with E-state index in [9.17, 15) is 9.90 Å². The summed E-state index contributed by atoms with van der Waals surface area (Å²) in [4.78, 5) is 20.8. The maximum atomic E-state index is 12.1. The van der Waals surface area contributed by atoms with E-state index in [0.29, 0.717) is 48.1 Å². The van der Waals surface area contributed by atoms with Gasteiger partial charge in [-0.15, -0.1) is 0 Å². The van der Waals surface area contributed by atoms with Gasteiger partial charge in [-0.1, -0.05) is 18.5 Å². The van der Waals surface area contributed by atoms with E-state index in [-0.39, 0.29) is 19.3 Å². The van der Waals surface area contributed by atoms with Crippen molar-refractivity contribution in [2.24, 2.45) is 0 Å². The maximum absolute atomic E-state index is 12.1. The van der Waals surface area contributed by atoms with Crippen LogP contribution in [0.25, 0.3) is 0 Å². The van der Waals surface area contributed by atoms with E-state index in [0.717, 1.165) is 16.8 Å². The van der Waals surface area contributed by atoms with Crippen molar-refractivity contribution in [1.29, 1.82) is 0 Å². The molecule has 0 bridgehead atoms. The Labute approximate surface area is 199 Å². The summed E-state index contributed by atoms with van der Waals surface area (Å²) in [5.74, 6) is 1.00. The molecule has 2 aromatic heterocycles. The molecule has 172 valence electrons. The lowest BCUT2D eigenvalue weighted by molar-refractivity contribution is 0.0987. The van der Waals surface area contributed by atoms with Crippen LogP contribution in [0, 0.1) is 0 Å². The van der Waals surface area contributed by atoms with Crippen LogP contribution in [0.3, 0.4) is 0 Å². The zero-order valence-electron chi connectivity index (χ0n) is 18.3. The molecule has 1 aromatic carbocycles. The number of anilines is 2. The van der Waals surface area contributed by atoms with Crippen molar-refractivity contribution in [3.63, 3.8) is 0 Å². The third kappa shape index (κ3) is 6.69. The van der Waals surface area contributed by atoms with Crippen LogP contribution in [0.15, 0.2) is 36.9 Å². The number of halogens is 1. The Morgan fingerprint density at radius 1 is 1.25 bits per heavy atom. The molecule has 3 rings (SSSR count). The minimum Gasteiger partial charge on any atom is -0.495 e. The van der Waals surface area contributed by atoms with Gasteiger partial charge in [0.15, 0.2) is 5.78 Å². The van der Waals surface area contributed by atoms with Crippen molar-refractivity contribution in [3.05, 3.63) is 58.6 Å². The van der Waals surface area contributed by atoms with Crippen LogP contribution in [0.5, 0.6) is 5.75 Å². The number of aliphatic hydroxyl groups excluding tert-OH is 1. The molecular weight excluding hydrogens is 450 g/mol. The molecule has 0 radical (unpaired) electrons. The number of carbonyl (C=O) groups is 1. The van der Waals surface area contributed by atoms with Crippen LogP contribution in [0.2, 0.25) is 5.02 Å². The molecular formula is C22H28ClN5O3S. The number of ether oxygens (including phenoxy) is 1. The molecule has 0 aliphatic carbocycles. The highest BCUT2D eigenvalue weighted by Gasteiger charge is 2.14. The molecule has 0 saturated carbocycles. The Bertz CT molecular complexity index is 1040. The Balaban J connectivity index is 0.00000363. The third-order valence-electron chi connectivity index (χ3n) is 4.71. The van der Waals surface area contributed by atoms with Gasteiger partial charge in [0.1, 0.15) is 5.75 Å². The quantitative estimate of drug-likeness (QED) is 0.426. The number of aryl methyl sites for hydroxylation is 2. The molecule has 0 fully saturated rings. The van der Waals surface area contributed by atoms with Gasteiger partial charge in [-0.3, -0.25) is 9.48 Å². The first-order valence-corrected chi connectivity index (χ1v) is 10.5. The van der Waals surface area contributed by atoms with Crippen molar-refractivity contribution in [3.8, 4) is 5.75 Å². The highest BCUT2D eigenvalue weighted by atomic mass is 35.5. The largest absolute Gasteiger partial charge is 0.495 e. The first-order chi connectivity index (χ1) is 14.9. The summed E-state index contributed by atoms with van der Waals surface area (Å²) >= 11 is 6.44. The van der Waals surface area contributed by atoms with Gasteiger partial charge in [-0.2, -0.15) is 18.6 Å². The summed E-state index contributed by atoms with van der Waals surface area (Å²) in [6.45, 7) is 3.95. The molecule has 0 aliphatic heterocycles. The number of hydrogen-bond donors (Lipinski definition) is 2. The maximum Gasteiger partial charge on any atom is 0.227 e. The summed E-state index contributed by atoms with van der Waals surface area (Å²) in [7, 11) is 1.54. The summed E-state index contributed by atoms with van der Waals surface area (Å²) < 4.78 is 6.98. The summed E-state index contributed by atoms with van der Waals surface area (Å²) in [5.41, 5.74) is 3.14. The third-order valence-corrected chi connectivity index (χ3v) is 5.14. The molecule has 3 aromatic rings. The molecule has 10 heteroatoms. The Morgan fingerprint density at radius 3 is 2.59 bits per heavy atom. The predicted octanol–water partition coefficient (Wildman–Crippen LogP) is 3.95. The van der Waals surface area contributed by atoms with E-state index < -0.39 is 6.10 Å². The lowest BCUT2D eigenvalue weighted by atomic mass is 10.0. The number of aliphatic hydroxyl groups is 1. The van der Waals surface area contributed by atoms with Crippen molar-refractivity contribution >= 4 is 42.5 Å². The Hall–Kier alpha value is -2.62. The van der Waals surface area contributed by atoms with E-state index in [2.05, 4.69) is 20.4 Å². The number of ketones is 1. The molecule has 0 saturated heterocycles. The molecule has 8 nitrogen and oxygen atoms in total. The lowest BCUT2D eigenvalue weighted by Crippen LogP contribution is -2.11. The average molecular weight is 478 g/mol. The topological polar surface area (TPSA) is 102 Å². The number of Topliss-reactive ketones (excluding diaryl/α,β-unsaturated/α-hetero) is 1. The van der Waals surface area contributed by atoms with Gasteiger partial charge in [-0.05, 0) is 43.0 Å². The Kier molecular flexibility index (Phi) is 9.49. The van der Waals surface area contributed by atoms with E-state index >= 15 is 0 Å². The normalized spacial score (nSPS) is 11.5. The molecule has 0 amide bonds. The monoisotopic (exact) mass is 477 g/mol. The standard InChI is InChI=1S/C22H26ClN5O3.H2S/c1-4-19(30)17-7-16(21(23)20(8-17)31-3)6-5-15-9-24-22(25-10-15)27-18-11-26-28(13-18)12-14(2)29;/h7-11,13-14,29H,4-6,12H2,1-3H3,(H,24,25,27);1H2/t14-;/m0./s1. The first kappa shape index (κ1) is 25.6. The number of rotatable bonds is 10. The molecule has 0 aliphatic rings. The minimum absolute atomic E-state index is 0. The van der Waals surface area contributed by atoms with Crippen molar-refractivity contribution in [2.45, 2.75) is 45.8 Å². The average Bonchev–Trinajstić information content (AvgIpc) is 3.19. The highest BCUT2D eigenvalue weighted by Crippen LogP contribution is 2.31. The van der Waals surface area contributed by atoms with Gasteiger partial charge < -0.3 is 15.2 Å². The number of nitrogens with one attached hydrogen (secondary N) is 1. The number of methoxy groups -OCH3 is 1. The second-order valence-electron chi connectivity index (χ2n) is 7.27. The van der Waals surface area contributed by atoms with Gasteiger partial charge in [0.25, 0.3) is 0 Å². The van der Waals surface area contributed by atoms with E-state index in [4.69, 9.17) is 16.3 Å². The van der Waals surface area contributed by atoms with Gasteiger partial charge in [0.2, 0.25) is 5.95 Å². The number of hydrogen-bond acceptors (Lipinski definition) is 7. The van der Waals surface area contributed by atoms with Crippen LogP contribution >= 0.6 is 25.1 Å². The van der Waals surface area contributed by atoms with Crippen LogP contribution in [-0.4, -0.2) is 43.9 Å². The number of carbonyl (C=O) groups excluding carboxylic acids is 1. The highest BCUT2D eigenvalue weighted by molar-refractivity contribution is 7.59. The number of aromatic nitrogens is 4. The van der Waals surface area contributed by atoms with Crippen molar-refractivity contribution in [2.75, 3.05) is 12.4 Å². The van der Waals surface area contributed by atoms with E-state index in [1.165, 1.54) is 0 Å². The van der Waals surface area contributed by atoms with Gasteiger partial charge >= 0.3 is 0 Å². The summed E-state index contributed by atoms with van der Waals surface area (Å²) in [6.07, 6.45) is 8.18. The summed E-state index contributed by atoms with van der Waals surface area (Å²) in [6, 6.07) is 3.52. The van der Waals surface area contributed by atoms with Crippen LogP contribution < -0.4 is 10.1 Å². The van der Waals surface area contributed by atoms with Gasteiger partial charge in [-0.25, -0.2) is 9.97 Å². The molecule has 2 N–H and O–H groups in total. The van der Waals surface area contributed by atoms with Crippen LogP contribution in [0.4, 0.5) is 11.6 Å². The zero-order chi connectivity index (χ0) is 22.4. The zero-order valence-corrected chi connectivity index (χ0v) is 20.1. The minimum atomic E-state index is -0.474. The fraction of sp³-hybridized carbons (Fsp3) is 0.364.